The zero-order chi connectivity index (χ0) is 13.1. The molecule has 1 aliphatic heterocycles. The molecule has 1 fully saturated rings. The highest BCUT2D eigenvalue weighted by molar-refractivity contribution is 9.10. The first-order chi connectivity index (χ1) is 9.33. The molecule has 0 amide bonds. The molecule has 0 N–H and O–H groups in total. The maximum Gasteiger partial charge on any atom is 0.158 e. The maximum atomic E-state index is 5.75. The number of aromatic nitrogens is 1. The summed E-state index contributed by atoms with van der Waals surface area (Å²) in [5, 5.41) is 1.13. The zero-order valence-electron chi connectivity index (χ0n) is 10.6. The molecule has 0 bridgehead atoms. The Morgan fingerprint density at radius 3 is 3.05 bits per heavy atom. The van der Waals surface area contributed by atoms with Crippen molar-refractivity contribution in [3.63, 3.8) is 0 Å². The Labute approximate surface area is 121 Å². The van der Waals surface area contributed by atoms with Gasteiger partial charge in [0.1, 0.15) is 0 Å². The summed E-state index contributed by atoms with van der Waals surface area (Å²) in [6, 6.07) is 10.1. The number of halogens is 1. The van der Waals surface area contributed by atoms with E-state index in [4.69, 9.17) is 9.47 Å². The molecule has 1 aromatic heterocycles. The van der Waals surface area contributed by atoms with E-state index in [2.05, 4.69) is 27.0 Å². The summed E-state index contributed by atoms with van der Waals surface area (Å²) in [7, 11) is 0. The number of benzene rings is 1. The molecular weight excluding hydrogens is 306 g/mol. The standard InChI is InChI=1S/C15H16BrNO2/c16-13-4-3-5-14-12(13)8-7-11(17-14)10-19-15-6-1-2-9-18-15/h3-5,7-8,15H,1-2,6,9-10H2. The fourth-order valence-electron chi connectivity index (χ4n) is 2.26. The lowest BCUT2D eigenvalue weighted by Gasteiger charge is -2.22. The molecule has 2 heterocycles. The van der Waals surface area contributed by atoms with Crippen LogP contribution in [0.5, 0.6) is 0 Å². The lowest BCUT2D eigenvalue weighted by atomic mass is 10.2. The Kier molecular flexibility index (Phi) is 4.11. The second kappa shape index (κ2) is 5.99. The van der Waals surface area contributed by atoms with Crippen molar-refractivity contribution < 1.29 is 9.47 Å². The van der Waals surface area contributed by atoms with E-state index in [-0.39, 0.29) is 6.29 Å². The number of fused-ring (bicyclic) bond motifs is 1. The minimum Gasteiger partial charge on any atom is -0.353 e. The zero-order valence-corrected chi connectivity index (χ0v) is 12.2. The molecule has 0 spiro atoms. The van der Waals surface area contributed by atoms with Gasteiger partial charge in [-0.2, -0.15) is 0 Å². The van der Waals surface area contributed by atoms with Gasteiger partial charge in [-0.3, -0.25) is 4.98 Å². The van der Waals surface area contributed by atoms with Crippen LogP contribution in [0.3, 0.4) is 0 Å². The monoisotopic (exact) mass is 321 g/mol. The van der Waals surface area contributed by atoms with E-state index in [0.717, 1.165) is 40.5 Å². The molecule has 0 radical (unpaired) electrons. The van der Waals surface area contributed by atoms with Gasteiger partial charge in [-0.25, -0.2) is 0 Å². The average Bonchev–Trinajstić information content (AvgIpc) is 2.46. The molecule has 1 saturated heterocycles. The summed E-state index contributed by atoms with van der Waals surface area (Å²) in [6.07, 6.45) is 3.25. The van der Waals surface area contributed by atoms with Gasteiger partial charge in [0, 0.05) is 16.5 Å². The van der Waals surface area contributed by atoms with Crippen LogP contribution in [0.4, 0.5) is 0 Å². The van der Waals surface area contributed by atoms with E-state index >= 15 is 0 Å². The van der Waals surface area contributed by atoms with Crippen molar-refractivity contribution in [2.45, 2.75) is 32.2 Å². The van der Waals surface area contributed by atoms with Crippen LogP contribution in [0, 0.1) is 0 Å². The summed E-state index contributed by atoms with van der Waals surface area (Å²) < 4.78 is 12.4. The van der Waals surface area contributed by atoms with Gasteiger partial charge >= 0.3 is 0 Å². The minimum absolute atomic E-state index is 0.0613. The summed E-state index contributed by atoms with van der Waals surface area (Å²) in [6.45, 7) is 1.32. The summed E-state index contributed by atoms with van der Waals surface area (Å²) in [5.74, 6) is 0. The van der Waals surface area contributed by atoms with Crippen molar-refractivity contribution in [2.24, 2.45) is 0 Å². The third-order valence-corrected chi connectivity index (χ3v) is 3.98. The highest BCUT2D eigenvalue weighted by atomic mass is 79.9. The Balaban J connectivity index is 1.71. The predicted octanol–water partition coefficient (Wildman–Crippen LogP) is 4.04. The van der Waals surface area contributed by atoms with Crippen molar-refractivity contribution in [2.75, 3.05) is 6.61 Å². The first kappa shape index (κ1) is 13.0. The molecule has 3 nitrogen and oxygen atoms in total. The quantitative estimate of drug-likeness (QED) is 0.854. The number of pyridine rings is 1. The largest absolute Gasteiger partial charge is 0.353 e. The van der Waals surface area contributed by atoms with Gasteiger partial charge in [0.05, 0.1) is 17.8 Å². The highest BCUT2D eigenvalue weighted by Gasteiger charge is 2.14. The van der Waals surface area contributed by atoms with Crippen LogP contribution >= 0.6 is 15.9 Å². The van der Waals surface area contributed by atoms with Crippen molar-refractivity contribution in [1.82, 2.24) is 4.98 Å². The molecule has 2 aromatic rings. The van der Waals surface area contributed by atoms with Gasteiger partial charge in [0.2, 0.25) is 0 Å². The Morgan fingerprint density at radius 1 is 1.26 bits per heavy atom. The Hall–Kier alpha value is -0.970. The highest BCUT2D eigenvalue weighted by Crippen LogP contribution is 2.23. The third kappa shape index (κ3) is 3.14. The molecule has 1 aromatic carbocycles. The van der Waals surface area contributed by atoms with Crippen LogP contribution in [-0.4, -0.2) is 17.9 Å². The topological polar surface area (TPSA) is 31.4 Å². The van der Waals surface area contributed by atoms with Crippen molar-refractivity contribution >= 4 is 26.8 Å². The molecule has 1 aliphatic rings. The van der Waals surface area contributed by atoms with E-state index < -0.39 is 0 Å². The summed E-state index contributed by atoms with van der Waals surface area (Å²) in [4.78, 5) is 4.61. The molecule has 4 heteroatoms. The summed E-state index contributed by atoms with van der Waals surface area (Å²) in [5.41, 5.74) is 1.93. The number of nitrogens with zero attached hydrogens (tertiary/aromatic N) is 1. The van der Waals surface area contributed by atoms with Crippen LogP contribution in [0.1, 0.15) is 25.0 Å². The van der Waals surface area contributed by atoms with E-state index in [1.54, 1.807) is 0 Å². The lowest BCUT2D eigenvalue weighted by Crippen LogP contribution is -2.22. The molecule has 19 heavy (non-hydrogen) atoms. The summed E-state index contributed by atoms with van der Waals surface area (Å²) >= 11 is 3.53. The van der Waals surface area contributed by atoms with Gasteiger partial charge in [-0.05, 0) is 43.5 Å². The van der Waals surface area contributed by atoms with E-state index in [9.17, 15) is 0 Å². The fraction of sp³-hybridized carbons (Fsp3) is 0.400. The third-order valence-electron chi connectivity index (χ3n) is 3.29. The second-order valence-corrected chi connectivity index (χ2v) is 5.57. The fourth-order valence-corrected chi connectivity index (χ4v) is 2.75. The molecule has 3 rings (SSSR count). The Bertz CT molecular complexity index is 567. The Morgan fingerprint density at radius 2 is 2.21 bits per heavy atom. The van der Waals surface area contributed by atoms with Crippen LogP contribution in [0.2, 0.25) is 0 Å². The molecule has 0 aliphatic carbocycles. The van der Waals surface area contributed by atoms with Crippen LogP contribution in [-0.2, 0) is 16.1 Å². The maximum absolute atomic E-state index is 5.75. The SMILES string of the molecule is Brc1cccc2nc(COC3CCCCO3)ccc12. The lowest BCUT2D eigenvalue weighted by molar-refractivity contribution is -0.169. The van der Waals surface area contributed by atoms with Gasteiger partial charge in [0.25, 0.3) is 0 Å². The van der Waals surface area contributed by atoms with Crippen LogP contribution < -0.4 is 0 Å². The second-order valence-electron chi connectivity index (χ2n) is 4.72. The van der Waals surface area contributed by atoms with Crippen molar-refractivity contribution in [3.8, 4) is 0 Å². The first-order valence-electron chi connectivity index (χ1n) is 6.60. The van der Waals surface area contributed by atoms with Gasteiger partial charge < -0.3 is 9.47 Å². The van der Waals surface area contributed by atoms with E-state index in [0.29, 0.717) is 6.61 Å². The van der Waals surface area contributed by atoms with Crippen molar-refractivity contribution in [1.29, 1.82) is 0 Å². The molecule has 1 atom stereocenters. The smallest absolute Gasteiger partial charge is 0.158 e. The molecule has 1 unspecified atom stereocenters. The average molecular weight is 322 g/mol. The van der Waals surface area contributed by atoms with Gasteiger partial charge in [-0.1, -0.05) is 22.0 Å². The van der Waals surface area contributed by atoms with Gasteiger partial charge in [0.15, 0.2) is 6.29 Å². The van der Waals surface area contributed by atoms with E-state index in [1.807, 2.05) is 24.3 Å². The van der Waals surface area contributed by atoms with Crippen LogP contribution in [0.25, 0.3) is 10.9 Å². The normalized spacial score (nSPS) is 19.7. The van der Waals surface area contributed by atoms with Gasteiger partial charge in [-0.15, -0.1) is 0 Å². The molecule has 0 saturated carbocycles. The number of ether oxygens (including phenoxy) is 2. The predicted molar refractivity (Wildman–Crippen MR) is 77.8 cm³/mol. The minimum atomic E-state index is -0.0613. The number of hydrogen-bond acceptors (Lipinski definition) is 3. The number of rotatable bonds is 3. The van der Waals surface area contributed by atoms with Crippen molar-refractivity contribution in [3.05, 3.63) is 40.5 Å². The van der Waals surface area contributed by atoms with E-state index in [1.165, 1.54) is 6.42 Å². The molecular formula is C15H16BrNO2. The van der Waals surface area contributed by atoms with Crippen LogP contribution in [0.15, 0.2) is 34.8 Å². The first-order valence-corrected chi connectivity index (χ1v) is 7.39. The molecule has 100 valence electrons. The number of hydrogen-bond donors (Lipinski definition) is 0.